The lowest BCUT2D eigenvalue weighted by atomic mass is 10.1. The van der Waals surface area contributed by atoms with Crippen molar-refractivity contribution in [1.29, 1.82) is 0 Å². The Balaban J connectivity index is 2.25. The van der Waals surface area contributed by atoms with E-state index in [9.17, 15) is 23.9 Å². The van der Waals surface area contributed by atoms with Gasteiger partial charge < -0.3 is 20.2 Å². The SMILES string of the molecule is CSCCC(NC(=O)/C(=C\c1ccc(F)cc1)NC(=O)c1ccco1)C(=O)O. The Morgan fingerprint density at radius 3 is 2.54 bits per heavy atom. The Morgan fingerprint density at radius 1 is 1.25 bits per heavy atom. The van der Waals surface area contributed by atoms with Crippen molar-refractivity contribution in [2.24, 2.45) is 0 Å². The summed E-state index contributed by atoms with van der Waals surface area (Å²) in [5.74, 6) is -2.57. The van der Waals surface area contributed by atoms with Crippen LogP contribution >= 0.6 is 11.8 Å². The second kappa shape index (κ2) is 10.3. The van der Waals surface area contributed by atoms with E-state index in [0.29, 0.717) is 11.3 Å². The van der Waals surface area contributed by atoms with Crippen molar-refractivity contribution < 1.29 is 28.3 Å². The topological polar surface area (TPSA) is 109 Å². The lowest BCUT2D eigenvalue weighted by molar-refractivity contribution is -0.141. The van der Waals surface area contributed by atoms with E-state index in [2.05, 4.69) is 10.6 Å². The number of benzene rings is 1. The van der Waals surface area contributed by atoms with Gasteiger partial charge in [0.2, 0.25) is 0 Å². The van der Waals surface area contributed by atoms with Gasteiger partial charge in [0.15, 0.2) is 5.76 Å². The summed E-state index contributed by atoms with van der Waals surface area (Å²) in [4.78, 5) is 36.3. The van der Waals surface area contributed by atoms with Crippen molar-refractivity contribution in [1.82, 2.24) is 10.6 Å². The van der Waals surface area contributed by atoms with Crippen LogP contribution in [-0.2, 0) is 9.59 Å². The van der Waals surface area contributed by atoms with Crippen LogP contribution in [0.3, 0.4) is 0 Å². The Morgan fingerprint density at radius 2 is 1.96 bits per heavy atom. The van der Waals surface area contributed by atoms with Crippen molar-refractivity contribution in [3.63, 3.8) is 0 Å². The molecule has 0 saturated carbocycles. The average molecular weight is 406 g/mol. The van der Waals surface area contributed by atoms with Crippen LogP contribution < -0.4 is 10.6 Å². The fourth-order valence-corrected chi connectivity index (χ4v) is 2.68. The van der Waals surface area contributed by atoms with E-state index in [-0.39, 0.29) is 17.9 Å². The van der Waals surface area contributed by atoms with E-state index in [1.807, 2.05) is 6.26 Å². The third kappa shape index (κ3) is 6.27. The first-order valence-corrected chi connectivity index (χ1v) is 9.65. The molecule has 2 aromatic rings. The standard InChI is InChI=1S/C19H19FN2O5S/c1-28-10-8-14(19(25)26)21-17(23)15(11-12-4-6-13(20)7-5-12)22-18(24)16-3-2-9-27-16/h2-7,9,11,14H,8,10H2,1H3,(H,21,23)(H,22,24)(H,25,26)/b15-11+. The number of furan rings is 1. The Kier molecular flexibility index (Phi) is 7.82. The summed E-state index contributed by atoms with van der Waals surface area (Å²) in [6, 6.07) is 7.07. The van der Waals surface area contributed by atoms with Crippen LogP contribution in [-0.4, -0.2) is 40.9 Å². The molecule has 2 amide bonds. The maximum Gasteiger partial charge on any atom is 0.326 e. The second-order valence-corrected chi connectivity index (χ2v) is 6.67. The highest BCUT2D eigenvalue weighted by Gasteiger charge is 2.23. The smallest absolute Gasteiger partial charge is 0.326 e. The van der Waals surface area contributed by atoms with E-state index in [1.165, 1.54) is 60.5 Å². The molecule has 1 atom stereocenters. The molecule has 1 heterocycles. The van der Waals surface area contributed by atoms with Crippen LogP contribution in [0.1, 0.15) is 22.5 Å². The summed E-state index contributed by atoms with van der Waals surface area (Å²) >= 11 is 1.45. The summed E-state index contributed by atoms with van der Waals surface area (Å²) in [5, 5.41) is 14.1. The van der Waals surface area contributed by atoms with E-state index < -0.39 is 29.6 Å². The minimum Gasteiger partial charge on any atom is -0.480 e. The number of nitrogens with one attached hydrogen (secondary N) is 2. The number of carbonyl (C=O) groups is 3. The first kappa shape index (κ1) is 21.2. The predicted octanol–water partition coefficient (Wildman–Crippen LogP) is 2.51. The third-order valence-corrected chi connectivity index (χ3v) is 4.28. The van der Waals surface area contributed by atoms with E-state index in [0.717, 1.165) is 0 Å². The van der Waals surface area contributed by atoms with Crippen molar-refractivity contribution >= 4 is 35.6 Å². The normalized spacial score (nSPS) is 12.3. The van der Waals surface area contributed by atoms with Gasteiger partial charge in [-0.15, -0.1) is 0 Å². The molecule has 9 heteroatoms. The molecular weight excluding hydrogens is 387 g/mol. The molecule has 0 aliphatic rings. The molecule has 1 aromatic heterocycles. The van der Waals surface area contributed by atoms with E-state index >= 15 is 0 Å². The summed E-state index contributed by atoms with van der Waals surface area (Å²) in [6.07, 6.45) is 4.67. The number of halogens is 1. The van der Waals surface area contributed by atoms with Crippen molar-refractivity contribution in [2.75, 3.05) is 12.0 Å². The number of amides is 2. The number of carbonyl (C=O) groups excluding carboxylic acids is 2. The molecule has 0 spiro atoms. The second-order valence-electron chi connectivity index (χ2n) is 5.69. The van der Waals surface area contributed by atoms with Crippen LogP contribution in [0.2, 0.25) is 0 Å². The van der Waals surface area contributed by atoms with Crippen molar-refractivity contribution in [2.45, 2.75) is 12.5 Å². The molecule has 3 N–H and O–H groups in total. The van der Waals surface area contributed by atoms with Crippen LogP contribution in [0, 0.1) is 5.82 Å². The molecule has 2 rings (SSSR count). The van der Waals surface area contributed by atoms with Crippen LogP contribution in [0.25, 0.3) is 6.08 Å². The summed E-state index contributed by atoms with van der Waals surface area (Å²) in [6.45, 7) is 0. The molecule has 0 aliphatic heterocycles. The van der Waals surface area contributed by atoms with Gasteiger partial charge in [-0.1, -0.05) is 12.1 Å². The minimum absolute atomic E-state index is 0.0185. The first-order chi connectivity index (χ1) is 13.4. The molecule has 0 radical (unpaired) electrons. The van der Waals surface area contributed by atoms with Gasteiger partial charge in [0.05, 0.1) is 6.26 Å². The van der Waals surface area contributed by atoms with Gasteiger partial charge >= 0.3 is 5.97 Å². The monoisotopic (exact) mass is 406 g/mol. The highest BCUT2D eigenvalue weighted by atomic mass is 32.2. The highest BCUT2D eigenvalue weighted by Crippen LogP contribution is 2.10. The third-order valence-electron chi connectivity index (χ3n) is 3.63. The van der Waals surface area contributed by atoms with Gasteiger partial charge in [0, 0.05) is 0 Å². The lowest BCUT2D eigenvalue weighted by Crippen LogP contribution is -2.44. The maximum atomic E-state index is 13.1. The molecule has 1 unspecified atom stereocenters. The number of hydrogen-bond acceptors (Lipinski definition) is 5. The largest absolute Gasteiger partial charge is 0.480 e. The number of thioether (sulfide) groups is 1. The van der Waals surface area contributed by atoms with E-state index in [1.54, 1.807) is 0 Å². The Hall–Kier alpha value is -3.07. The molecule has 148 valence electrons. The molecule has 28 heavy (non-hydrogen) atoms. The molecule has 0 saturated heterocycles. The number of carboxylic acids is 1. The summed E-state index contributed by atoms with van der Waals surface area (Å²) in [5.41, 5.74) is 0.255. The quantitative estimate of drug-likeness (QED) is 0.552. The molecule has 0 aliphatic carbocycles. The van der Waals surface area contributed by atoms with Crippen molar-refractivity contribution in [3.05, 3.63) is 65.5 Å². The molecule has 0 bridgehead atoms. The zero-order valence-corrected chi connectivity index (χ0v) is 15.8. The predicted molar refractivity (Wildman–Crippen MR) is 103 cm³/mol. The number of aliphatic carboxylic acids is 1. The fourth-order valence-electron chi connectivity index (χ4n) is 2.20. The van der Waals surface area contributed by atoms with Crippen molar-refractivity contribution in [3.8, 4) is 0 Å². The van der Waals surface area contributed by atoms with Gasteiger partial charge in [0.25, 0.3) is 11.8 Å². The summed E-state index contributed by atoms with van der Waals surface area (Å²) in [7, 11) is 0. The first-order valence-electron chi connectivity index (χ1n) is 8.25. The lowest BCUT2D eigenvalue weighted by Gasteiger charge is -2.16. The van der Waals surface area contributed by atoms with Gasteiger partial charge in [-0.3, -0.25) is 9.59 Å². The van der Waals surface area contributed by atoms with Gasteiger partial charge in [-0.05, 0) is 54.3 Å². The van der Waals surface area contributed by atoms with Crippen LogP contribution in [0.15, 0.2) is 52.8 Å². The van der Waals surface area contributed by atoms with Gasteiger partial charge in [-0.2, -0.15) is 11.8 Å². The average Bonchev–Trinajstić information content (AvgIpc) is 3.20. The highest BCUT2D eigenvalue weighted by molar-refractivity contribution is 7.98. The molecular formula is C19H19FN2O5S. The molecule has 1 aromatic carbocycles. The number of carboxylic acid groups (broad SMARTS) is 1. The van der Waals surface area contributed by atoms with Crippen LogP contribution in [0.5, 0.6) is 0 Å². The zero-order chi connectivity index (χ0) is 20.5. The van der Waals surface area contributed by atoms with Gasteiger partial charge in [-0.25, -0.2) is 9.18 Å². The Labute approximate surface area is 165 Å². The molecule has 0 fully saturated rings. The fraction of sp³-hybridized carbons (Fsp3) is 0.211. The summed E-state index contributed by atoms with van der Waals surface area (Å²) < 4.78 is 18.1. The number of rotatable bonds is 9. The van der Waals surface area contributed by atoms with E-state index in [4.69, 9.17) is 4.42 Å². The molecule has 7 nitrogen and oxygen atoms in total. The zero-order valence-electron chi connectivity index (χ0n) is 15.0. The number of hydrogen-bond donors (Lipinski definition) is 3. The van der Waals surface area contributed by atoms with Gasteiger partial charge in [0.1, 0.15) is 17.6 Å². The Bertz CT molecular complexity index is 850. The minimum atomic E-state index is -1.18. The maximum absolute atomic E-state index is 13.1. The van der Waals surface area contributed by atoms with Crippen LogP contribution in [0.4, 0.5) is 4.39 Å².